The molecule has 0 spiro atoms. The number of nitrogens with zero attached hydrogens (tertiary/aromatic N) is 5. The molecule has 0 saturated carbocycles. The third-order valence-electron chi connectivity index (χ3n) is 4.47. The van der Waals surface area contributed by atoms with Gasteiger partial charge in [-0.15, -0.1) is 10.2 Å². The molecule has 0 aliphatic heterocycles. The minimum Gasteiger partial charge on any atom is -0.309 e. The fourth-order valence-electron chi connectivity index (χ4n) is 3.42. The fourth-order valence-corrected chi connectivity index (χ4v) is 3.76. The monoisotopic (exact) mass is 425 g/mol. The maximum atomic E-state index is 4.48. The van der Waals surface area contributed by atoms with Crippen LogP contribution in [0, 0.1) is 20.8 Å². The molecule has 0 aliphatic carbocycles. The van der Waals surface area contributed by atoms with Gasteiger partial charge in [0.05, 0.1) is 6.20 Å². The van der Waals surface area contributed by atoms with E-state index in [-0.39, 0.29) is 0 Å². The maximum absolute atomic E-state index is 4.48. The Kier molecular flexibility index (Phi) is 5.46. The van der Waals surface area contributed by atoms with Crippen LogP contribution in [0.15, 0.2) is 41.1 Å². The lowest BCUT2D eigenvalue weighted by Crippen LogP contribution is -2.00. The first-order valence-corrected chi connectivity index (χ1v) is 9.85. The van der Waals surface area contributed by atoms with E-state index in [0.29, 0.717) is 0 Å². The molecule has 3 aromatic heterocycles. The molecule has 6 heteroatoms. The van der Waals surface area contributed by atoms with Crippen LogP contribution >= 0.6 is 15.9 Å². The molecule has 27 heavy (non-hydrogen) atoms. The van der Waals surface area contributed by atoms with Crippen LogP contribution in [0.5, 0.6) is 0 Å². The van der Waals surface area contributed by atoms with E-state index in [4.69, 9.17) is 0 Å². The summed E-state index contributed by atoms with van der Waals surface area (Å²) in [5, 5.41) is 8.94. The summed E-state index contributed by atoms with van der Waals surface area (Å²) in [5.41, 5.74) is 6.61. The first kappa shape index (κ1) is 19.3. The molecule has 1 aromatic carbocycles. The van der Waals surface area contributed by atoms with Crippen LogP contribution in [0.4, 0.5) is 0 Å². The first-order chi connectivity index (χ1) is 13.0. The van der Waals surface area contributed by atoms with Crippen molar-refractivity contribution >= 4 is 21.6 Å². The van der Waals surface area contributed by atoms with Gasteiger partial charge in [0.25, 0.3) is 0 Å². The lowest BCUT2D eigenvalue weighted by molar-refractivity contribution is 0.917. The number of fused-ring (bicyclic) bond motifs is 1. The Morgan fingerprint density at radius 1 is 0.926 bits per heavy atom. The number of imidazole rings is 1. The SMILES string of the molecule is CC.Cc1cc(C)c(-c2nnc(-c3cnc4ccc(Br)cn34)n2C)c(C)c1. The number of hydrogen-bond acceptors (Lipinski definition) is 3. The van der Waals surface area contributed by atoms with Gasteiger partial charge in [-0.25, -0.2) is 4.98 Å². The predicted molar refractivity (Wildman–Crippen MR) is 114 cm³/mol. The Morgan fingerprint density at radius 2 is 1.56 bits per heavy atom. The summed E-state index contributed by atoms with van der Waals surface area (Å²) in [6, 6.07) is 8.32. The number of pyridine rings is 1. The van der Waals surface area contributed by atoms with E-state index >= 15 is 0 Å². The van der Waals surface area contributed by atoms with Crippen molar-refractivity contribution in [3.63, 3.8) is 0 Å². The third-order valence-corrected chi connectivity index (χ3v) is 4.94. The second-order valence-corrected chi connectivity index (χ2v) is 7.31. The van der Waals surface area contributed by atoms with Gasteiger partial charge in [-0.1, -0.05) is 31.5 Å². The molecule has 140 valence electrons. The van der Waals surface area contributed by atoms with Crippen LogP contribution in [-0.4, -0.2) is 24.1 Å². The van der Waals surface area contributed by atoms with Gasteiger partial charge in [0, 0.05) is 23.3 Å². The molecule has 0 radical (unpaired) electrons. The predicted octanol–water partition coefficient (Wildman–Crippen LogP) is 5.51. The molecule has 0 amide bonds. The van der Waals surface area contributed by atoms with Gasteiger partial charge in [-0.3, -0.25) is 4.40 Å². The van der Waals surface area contributed by atoms with E-state index in [1.54, 1.807) is 0 Å². The molecule has 0 saturated heterocycles. The smallest absolute Gasteiger partial charge is 0.182 e. The topological polar surface area (TPSA) is 48.0 Å². The van der Waals surface area contributed by atoms with Crippen molar-refractivity contribution in [2.24, 2.45) is 7.05 Å². The zero-order valence-corrected chi connectivity index (χ0v) is 18.2. The molecule has 0 fully saturated rings. The van der Waals surface area contributed by atoms with Gasteiger partial charge in [-0.2, -0.15) is 0 Å². The molecular formula is C21H24BrN5. The highest BCUT2D eigenvalue weighted by Crippen LogP contribution is 2.30. The molecule has 0 bridgehead atoms. The van der Waals surface area contributed by atoms with Gasteiger partial charge in [-0.05, 0) is 60.0 Å². The van der Waals surface area contributed by atoms with Gasteiger partial charge >= 0.3 is 0 Å². The van der Waals surface area contributed by atoms with Gasteiger partial charge < -0.3 is 4.57 Å². The minimum atomic E-state index is 0.792. The van der Waals surface area contributed by atoms with Crippen LogP contribution in [0.3, 0.4) is 0 Å². The Balaban J connectivity index is 0.00000102. The van der Waals surface area contributed by atoms with E-state index in [1.807, 2.05) is 54.4 Å². The third kappa shape index (κ3) is 3.41. The summed E-state index contributed by atoms with van der Waals surface area (Å²) in [7, 11) is 2.00. The van der Waals surface area contributed by atoms with Gasteiger partial charge in [0.15, 0.2) is 11.6 Å². The quantitative estimate of drug-likeness (QED) is 0.425. The highest BCUT2D eigenvalue weighted by atomic mass is 79.9. The standard InChI is InChI=1S/C19H18BrN5.C2H6/c1-11-7-12(2)17(13(3)8-11)19-23-22-18(24(19)4)15-9-21-16-6-5-14(20)10-25(15)16;1-2/h5-10H,1-4H3;1-2H3. The number of benzene rings is 1. The van der Waals surface area contributed by atoms with Crippen LogP contribution in [-0.2, 0) is 7.05 Å². The second-order valence-electron chi connectivity index (χ2n) is 6.40. The van der Waals surface area contributed by atoms with Crippen molar-refractivity contribution in [2.45, 2.75) is 34.6 Å². The minimum absolute atomic E-state index is 0.792. The number of rotatable bonds is 2. The van der Waals surface area contributed by atoms with Crippen molar-refractivity contribution in [3.05, 3.63) is 57.8 Å². The number of aryl methyl sites for hydroxylation is 3. The lowest BCUT2D eigenvalue weighted by atomic mass is 9.99. The van der Waals surface area contributed by atoms with Crippen molar-refractivity contribution in [2.75, 3.05) is 0 Å². The summed E-state index contributed by atoms with van der Waals surface area (Å²) in [4.78, 5) is 4.47. The summed E-state index contributed by atoms with van der Waals surface area (Å²) in [6.07, 6.45) is 3.83. The van der Waals surface area contributed by atoms with Crippen LogP contribution in [0.1, 0.15) is 30.5 Å². The molecule has 4 rings (SSSR count). The Hall–Kier alpha value is -2.47. The lowest BCUT2D eigenvalue weighted by Gasteiger charge is -2.11. The highest BCUT2D eigenvalue weighted by molar-refractivity contribution is 9.10. The molecule has 3 heterocycles. The van der Waals surface area contributed by atoms with Crippen molar-refractivity contribution in [1.29, 1.82) is 0 Å². The molecular weight excluding hydrogens is 402 g/mol. The zero-order valence-electron chi connectivity index (χ0n) is 16.6. The van der Waals surface area contributed by atoms with Crippen LogP contribution in [0.2, 0.25) is 0 Å². The average molecular weight is 426 g/mol. The summed E-state index contributed by atoms with van der Waals surface area (Å²) >= 11 is 3.52. The molecule has 0 N–H and O–H groups in total. The highest BCUT2D eigenvalue weighted by Gasteiger charge is 2.18. The zero-order chi connectivity index (χ0) is 19.7. The molecule has 5 nitrogen and oxygen atoms in total. The summed E-state index contributed by atoms with van der Waals surface area (Å²) < 4.78 is 5.05. The number of halogens is 1. The van der Waals surface area contributed by atoms with E-state index in [0.717, 1.165) is 33.0 Å². The normalized spacial score (nSPS) is 10.8. The molecule has 0 atom stereocenters. The molecule has 0 unspecified atom stereocenters. The van der Waals surface area contributed by atoms with Crippen molar-refractivity contribution in [1.82, 2.24) is 24.1 Å². The van der Waals surface area contributed by atoms with Crippen LogP contribution in [0.25, 0.3) is 28.6 Å². The van der Waals surface area contributed by atoms with E-state index < -0.39 is 0 Å². The second kappa shape index (κ2) is 7.64. The Morgan fingerprint density at radius 3 is 2.22 bits per heavy atom. The largest absolute Gasteiger partial charge is 0.309 e. The van der Waals surface area contributed by atoms with Gasteiger partial charge in [0.2, 0.25) is 0 Å². The molecule has 0 aliphatic rings. The van der Waals surface area contributed by atoms with Crippen molar-refractivity contribution in [3.8, 4) is 22.9 Å². The number of hydrogen-bond donors (Lipinski definition) is 0. The van der Waals surface area contributed by atoms with E-state index in [1.165, 1.54) is 16.7 Å². The fraction of sp³-hybridized carbons (Fsp3) is 0.286. The average Bonchev–Trinajstić information content (AvgIpc) is 3.19. The van der Waals surface area contributed by atoms with Crippen molar-refractivity contribution < 1.29 is 0 Å². The maximum Gasteiger partial charge on any atom is 0.182 e. The van der Waals surface area contributed by atoms with Gasteiger partial charge in [0.1, 0.15) is 11.3 Å². The first-order valence-electron chi connectivity index (χ1n) is 9.06. The van der Waals surface area contributed by atoms with Crippen LogP contribution < -0.4 is 0 Å². The number of aromatic nitrogens is 5. The van der Waals surface area contributed by atoms with E-state index in [9.17, 15) is 0 Å². The van der Waals surface area contributed by atoms with E-state index in [2.05, 4.69) is 64.0 Å². The Bertz CT molecular complexity index is 1080. The Labute approximate surface area is 168 Å². The summed E-state index contributed by atoms with van der Waals surface area (Å²) in [5.74, 6) is 1.66. The summed E-state index contributed by atoms with van der Waals surface area (Å²) in [6.45, 7) is 10.4. The molecule has 4 aromatic rings.